The third-order valence-electron chi connectivity index (χ3n) is 3.33. The zero-order chi connectivity index (χ0) is 14.1. The van der Waals surface area contributed by atoms with Gasteiger partial charge in [-0.15, -0.1) is 0 Å². The van der Waals surface area contributed by atoms with Crippen molar-refractivity contribution < 1.29 is 8.81 Å². The minimum Gasteiger partial charge on any atom is -0.469 e. The van der Waals surface area contributed by atoms with E-state index < -0.39 is 0 Å². The quantitative estimate of drug-likeness (QED) is 0.733. The molecule has 2 heterocycles. The number of nitrogens with zero attached hydrogens (tertiary/aromatic N) is 3. The summed E-state index contributed by atoms with van der Waals surface area (Å²) < 4.78 is 19.0. The Morgan fingerprint density at radius 3 is 2.85 bits per heavy atom. The van der Waals surface area contributed by atoms with Crippen LogP contribution in [-0.4, -0.2) is 17.0 Å². The lowest BCUT2D eigenvalue weighted by atomic mass is 10.2. The molecule has 3 aromatic rings. The first-order valence-corrected chi connectivity index (χ1v) is 6.30. The maximum absolute atomic E-state index is 13.7. The summed E-state index contributed by atoms with van der Waals surface area (Å²) in [5, 5.41) is 0.705. The van der Waals surface area contributed by atoms with Crippen molar-refractivity contribution in [3.63, 3.8) is 0 Å². The topological polar surface area (TPSA) is 42.2 Å². The van der Waals surface area contributed by atoms with Crippen molar-refractivity contribution in [2.45, 2.75) is 13.5 Å². The van der Waals surface area contributed by atoms with Crippen LogP contribution < -0.4 is 4.90 Å². The van der Waals surface area contributed by atoms with Gasteiger partial charge in [-0.2, -0.15) is 0 Å². The van der Waals surface area contributed by atoms with Gasteiger partial charge in [0.2, 0.25) is 0 Å². The molecule has 0 aliphatic rings. The van der Waals surface area contributed by atoms with Gasteiger partial charge in [0.25, 0.3) is 0 Å². The van der Waals surface area contributed by atoms with Crippen molar-refractivity contribution in [3.05, 3.63) is 54.0 Å². The minimum atomic E-state index is -0.334. The molecule has 0 radical (unpaired) electrons. The first kappa shape index (κ1) is 12.6. The van der Waals surface area contributed by atoms with Crippen LogP contribution in [0.3, 0.4) is 0 Å². The third kappa shape index (κ3) is 2.11. The van der Waals surface area contributed by atoms with Gasteiger partial charge < -0.3 is 9.32 Å². The molecule has 0 aliphatic carbocycles. The molecule has 102 valence electrons. The van der Waals surface area contributed by atoms with E-state index in [0.29, 0.717) is 23.3 Å². The highest BCUT2D eigenvalue weighted by atomic mass is 19.1. The van der Waals surface area contributed by atoms with E-state index in [0.717, 1.165) is 11.3 Å². The molecule has 3 rings (SSSR count). The summed E-state index contributed by atoms with van der Waals surface area (Å²) in [6.45, 7) is 2.56. The molecule has 5 heteroatoms. The predicted molar refractivity (Wildman–Crippen MR) is 75.0 cm³/mol. The third-order valence-corrected chi connectivity index (χ3v) is 3.33. The van der Waals surface area contributed by atoms with Gasteiger partial charge in [-0.25, -0.2) is 14.4 Å². The maximum atomic E-state index is 13.7. The van der Waals surface area contributed by atoms with E-state index in [1.54, 1.807) is 12.3 Å². The number of aromatic nitrogens is 2. The molecule has 0 N–H and O–H groups in total. The number of furan rings is 1. The number of benzene rings is 1. The lowest BCUT2D eigenvalue weighted by molar-refractivity contribution is 0.529. The van der Waals surface area contributed by atoms with E-state index >= 15 is 0 Å². The molecule has 0 spiro atoms. The standard InChI is InChI=1S/C15H14FN3O/c1-10-11(6-7-20-10)8-19(2)15-12-4-3-5-13(16)14(12)17-9-18-15/h3-7,9H,8H2,1-2H3. The highest BCUT2D eigenvalue weighted by Crippen LogP contribution is 2.25. The Morgan fingerprint density at radius 2 is 2.10 bits per heavy atom. The van der Waals surface area contributed by atoms with Crippen LogP contribution in [0.25, 0.3) is 10.9 Å². The summed E-state index contributed by atoms with van der Waals surface area (Å²) in [6, 6.07) is 6.82. The van der Waals surface area contributed by atoms with Gasteiger partial charge in [0.15, 0.2) is 0 Å². The van der Waals surface area contributed by atoms with Crippen LogP contribution in [0.2, 0.25) is 0 Å². The van der Waals surface area contributed by atoms with Gasteiger partial charge in [0.05, 0.1) is 6.26 Å². The highest BCUT2D eigenvalue weighted by molar-refractivity contribution is 5.89. The van der Waals surface area contributed by atoms with E-state index in [-0.39, 0.29) is 5.82 Å². The first-order chi connectivity index (χ1) is 9.66. The fourth-order valence-electron chi connectivity index (χ4n) is 2.25. The van der Waals surface area contributed by atoms with E-state index in [2.05, 4.69) is 9.97 Å². The molecule has 0 bridgehead atoms. The Labute approximate surface area is 115 Å². The Kier molecular flexibility index (Phi) is 3.10. The van der Waals surface area contributed by atoms with Crippen molar-refractivity contribution in [2.75, 3.05) is 11.9 Å². The molecule has 0 saturated heterocycles. The number of anilines is 1. The molecular weight excluding hydrogens is 257 g/mol. The fourth-order valence-corrected chi connectivity index (χ4v) is 2.25. The smallest absolute Gasteiger partial charge is 0.149 e. The zero-order valence-electron chi connectivity index (χ0n) is 11.3. The van der Waals surface area contributed by atoms with E-state index in [4.69, 9.17) is 4.42 Å². The van der Waals surface area contributed by atoms with Crippen LogP contribution in [0.15, 0.2) is 41.3 Å². The molecule has 0 amide bonds. The van der Waals surface area contributed by atoms with E-state index in [1.165, 1.54) is 12.4 Å². The van der Waals surface area contributed by atoms with Crippen LogP contribution in [-0.2, 0) is 6.54 Å². The number of hydrogen-bond donors (Lipinski definition) is 0. The second-order valence-corrected chi connectivity index (χ2v) is 4.69. The molecule has 0 aliphatic heterocycles. The summed E-state index contributed by atoms with van der Waals surface area (Å²) in [6.07, 6.45) is 3.05. The average molecular weight is 271 g/mol. The molecule has 2 aromatic heterocycles. The van der Waals surface area contributed by atoms with Crippen LogP contribution >= 0.6 is 0 Å². The van der Waals surface area contributed by atoms with E-state index in [9.17, 15) is 4.39 Å². The maximum Gasteiger partial charge on any atom is 0.149 e. The van der Waals surface area contributed by atoms with Crippen molar-refractivity contribution in [3.8, 4) is 0 Å². The lowest BCUT2D eigenvalue weighted by Gasteiger charge is -2.19. The SMILES string of the molecule is Cc1occc1CN(C)c1ncnc2c(F)cccc12. The first-order valence-electron chi connectivity index (χ1n) is 6.30. The molecule has 1 aromatic carbocycles. The van der Waals surface area contributed by atoms with Gasteiger partial charge >= 0.3 is 0 Å². The van der Waals surface area contributed by atoms with Gasteiger partial charge in [0, 0.05) is 24.5 Å². The van der Waals surface area contributed by atoms with Crippen LogP contribution in [0, 0.1) is 12.7 Å². The zero-order valence-corrected chi connectivity index (χ0v) is 11.3. The predicted octanol–water partition coefficient (Wildman–Crippen LogP) is 3.31. The summed E-state index contributed by atoms with van der Waals surface area (Å²) in [4.78, 5) is 10.2. The number of halogens is 1. The van der Waals surface area contributed by atoms with Crippen LogP contribution in [0.1, 0.15) is 11.3 Å². The largest absolute Gasteiger partial charge is 0.469 e. The Morgan fingerprint density at radius 1 is 1.25 bits per heavy atom. The number of para-hydroxylation sites is 1. The van der Waals surface area contributed by atoms with Crippen molar-refractivity contribution in [1.29, 1.82) is 0 Å². The minimum absolute atomic E-state index is 0.334. The van der Waals surface area contributed by atoms with Crippen molar-refractivity contribution >= 4 is 16.7 Å². The van der Waals surface area contributed by atoms with Gasteiger partial charge in [-0.05, 0) is 25.1 Å². The number of fused-ring (bicyclic) bond motifs is 1. The Hall–Kier alpha value is -2.43. The molecular formula is C15H14FN3O. The average Bonchev–Trinajstić information content (AvgIpc) is 2.84. The summed E-state index contributed by atoms with van der Waals surface area (Å²) >= 11 is 0. The monoisotopic (exact) mass is 271 g/mol. The van der Waals surface area contributed by atoms with Gasteiger partial charge in [0.1, 0.15) is 29.2 Å². The molecule has 0 saturated carbocycles. The lowest BCUT2D eigenvalue weighted by Crippen LogP contribution is -2.18. The van der Waals surface area contributed by atoms with Crippen LogP contribution in [0.5, 0.6) is 0 Å². The normalized spacial score (nSPS) is 10.9. The summed E-state index contributed by atoms with van der Waals surface area (Å²) in [5.74, 6) is 1.25. The summed E-state index contributed by atoms with van der Waals surface area (Å²) in [7, 11) is 1.92. The Balaban J connectivity index is 2.02. The number of hydrogen-bond acceptors (Lipinski definition) is 4. The number of rotatable bonds is 3. The molecule has 0 fully saturated rings. The molecule has 0 atom stereocenters. The Bertz CT molecular complexity index is 754. The molecule has 4 nitrogen and oxygen atoms in total. The van der Waals surface area contributed by atoms with Crippen molar-refractivity contribution in [1.82, 2.24) is 9.97 Å². The number of aryl methyl sites for hydroxylation is 1. The fraction of sp³-hybridized carbons (Fsp3) is 0.200. The van der Waals surface area contributed by atoms with Crippen LogP contribution in [0.4, 0.5) is 10.2 Å². The second-order valence-electron chi connectivity index (χ2n) is 4.69. The highest BCUT2D eigenvalue weighted by Gasteiger charge is 2.12. The molecule has 0 unspecified atom stereocenters. The van der Waals surface area contributed by atoms with Crippen molar-refractivity contribution in [2.24, 2.45) is 0 Å². The summed E-state index contributed by atoms with van der Waals surface area (Å²) in [5.41, 5.74) is 1.42. The second kappa shape index (κ2) is 4.92. The van der Waals surface area contributed by atoms with Gasteiger partial charge in [-0.1, -0.05) is 6.07 Å². The molecule has 20 heavy (non-hydrogen) atoms. The van der Waals surface area contributed by atoms with Gasteiger partial charge in [-0.3, -0.25) is 0 Å². The van der Waals surface area contributed by atoms with E-state index in [1.807, 2.05) is 31.0 Å².